The molecule has 0 fully saturated rings. The molecule has 0 heterocycles. The van der Waals surface area contributed by atoms with Gasteiger partial charge in [-0.05, 0) is 7.05 Å². The van der Waals surface area contributed by atoms with Gasteiger partial charge in [0.1, 0.15) is 0 Å². The molecule has 0 aromatic carbocycles. The molecule has 7 heteroatoms. The summed E-state index contributed by atoms with van der Waals surface area (Å²) in [4.78, 5) is 0. The molecular weight excluding hydrogens is 192 g/mol. The first-order valence-corrected chi connectivity index (χ1v) is 2.40. The van der Waals surface area contributed by atoms with Gasteiger partial charge in [0.15, 0.2) is 0 Å². The van der Waals surface area contributed by atoms with Crippen LogP contribution in [-0.2, 0) is 0 Å². The Bertz CT molecular complexity index is 112. The van der Waals surface area contributed by atoms with E-state index in [2.05, 4.69) is 0 Å². The van der Waals surface area contributed by atoms with Gasteiger partial charge in [-0.3, -0.25) is 0 Å². The number of rotatable bonds is 2. The summed E-state index contributed by atoms with van der Waals surface area (Å²) in [5.74, 6) is -4.62. The van der Waals surface area contributed by atoms with Crippen molar-refractivity contribution in [2.24, 2.45) is 0 Å². The molecule has 0 aliphatic rings. The second-order valence-electron chi connectivity index (χ2n) is 1.73. The second kappa shape index (κ2) is 4.06. The van der Waals surface area contributed by atoms with Gasteiger partial charge in [0, 0.05) is 0 Å². The zero-order chi connectivity index (χ0) is 8.41. The van der Waals surface area contributed by atoms with Crippen molar-refractivity contribution >= 4 is 12.4 Å². The lowest BCUT2D eigenvalue weighted by molar-refractivity contribution is -0.278. The smallest absolute Gasteiger partial charge is 0.314 e. The Morgan fingerprint density at radius 2 is 1.45 bits per heavy atom. The molecule has 70 valence electrons. The number of alkyl halides is 5. The number of hydrogen-bond donors (Lipinski definition) is 1. The first kappa shape index (κ1) is 13.5. The quantitative estimate of drug-likeness (QED) is 0.669. The summed E-state index contributed by atoms with van der Waals surface area (Å²) >= 11 is 0. The molecule has 0 bridgehead atoms. The molecule has 0 rings (SSSR count). The maximum absolute atomic E-state index is 11.7. The van der Waals surface area contributed by atoms with E-state index in [0.29, 0.717) is 0 Å². The van der Waals surface area contributed by atoms with Crippen molar-refractivity contribution in [2.75, 3.05) is 13.6 Å². The lowest BCUT2D eigenvalue weighted by Crippen LogP contribution is -2.44. The Balaban J connectivity index is 0. The molecule has 0 unspecified atom stereocenters. The van der Waals surface area contributed by atoms with Gasteiger partial charge in [-0.2, -0.15) is 22.0 Å². The van der Waals surface area contributed by atoms with Crippen LogP contribution in [-0.4, -0.2) is 25.7 Å². The van der Waals surface area contributed by atoms with Crippen LogP contribution in [0.3, 0.4) is 0 Å². The monoisotopic (exact) mass is 199 g/mol. The highest BCUT2D eigenvalue weighted by molar-refractivity contribution is 5.85. The fourth-order valence-electron chi connectivity index (χ4n) is 0.322. The molecule has 1 N–H and O–H groups in total. The molecule has 0 amide bonds. The molecule has 0 radical (unpaired) electrons. The van der Waals surface area contributed by atoms with Crippen molar-refractivity contribution in [3.63, 3.8) is 0 Å². The minimum atomic E-state index is -5.45. The van der Waals surface area contributed by atoms with Gasteiger partial charge in [-0.1, -0.05) is 0 Å². The van der Waals surface area contributed by atoms with Crippen LogP contribution in [0.4, 0.5) is 22.0 Å². The van der Waals surface area contributed by atoms with Gasteiger partial charge in [-0.25, -0.2) is 0 Å². The molecule has 0 atom stereocenters. The highest BCUT2D eigenvalue weighted by Crippen LogP contribution is 2.34. The van der Waals surface area contributed by atoms with E-state index in [-0.39, 0.29) is 12.4 Å². The van der Waals surface area contributed by atoms with Crippen LogP contribution in [0, 0.1) is 0 Å². The minimum Gasteiger partial charge on any atom is -0.314 e. The third kappa shape index (κ3) is 3.71. The average molecular weight is 200 g/mol. The molecular formula is C4H7ClF5N. The predicted molar refractivity (Wildman–Crippen MR) is 32.2 cm³/mol. The van der Waals surface area contributed by atoms with Gasteiger partial charge in [0.2, 0.25) is 0 Å². The molecule has 1 nitrogen and oxygen atoms in total. The van der Waals surface area contributed by atoms with Crippen LogP contribution < -0.4 is 5.32 Å². The highest BCUT2D eigenvalue weighted by Gasteiger charge is 2.56. The molecule has 0 saturated heterocycles. The van der Waals surface area contributed by atoms with Gasteiger partial charge in [0.05, 0.1) is 6.54 Å². The van der Waals surface area contributed by atoms with E-state index in [1.165, 1.54) is 0 Å². The van der Waals surface area contributed by atoms with Crippen molar-refractivity contribution in [1.29, 1.82) is 0 Å². The fourth-order valence-corrected chi connectivity index (χ4v) is 0.322. The van der Waals surface area contributed by atoms with Crippen LogP contribution in [0.25, 0.3) is 0 Å². The zero-order valence-electron chi connectivity index (χ0n) is 5.51. The van der Waals surface area contributed by atoms with Crippen molar-refractivity contribution in [3.8, 4) is 0 Å². The van der Waals surface area contributed by atoms with Crippen LogP contribution in [0.1, 0.15) is 0 Å². The normalized spacial score (nSPS) is 12.5. The Morgan fingerprint density at radius 1 is 1.09 bits per heavy atom. The SMILES string of the molecule is CNCC(F)(F)C(F)(F)F.Cl. The molecule has 0 saturated carbocycles. The summed E-state index contributed by atoms with van der Waals surface area (Å²) < 4.78 is 57.2. The summed E-state index contributed by atoms with van der Waals surface area (Å²) in [6.07, 6.45) is -5.45. The first-order chi connectivity index (χ1) is 4.31. The summed E-state index contributed by atoms with van der Waals surface area (Å²) in [5.41, 5.74) is 0. The number of nitrogens with one attached hydrogen (secondary N) is 1. The van der Waals surface area contributed by atoms with E-state index in [4.69, 9.17) is 0 Å². The molecule has 0 aliphatic heterocycles. The van der Waals surface area contributed by atoms with Crippen LogP contribution in [0.15, 0.2) is 0 Å². The Morgan fingerprint density at radius 3 is 1.55 bits per heavy atom. The van der Waals surface area contributed by atoms with E-state index < -0.39 is 18.6 Å². The first-order valence-electron chi connectivity index (χ1n) is 2.40. The number of hydrogen-bond acceptors (Lipinski definition) is 1. The Labute approximate surface area is 66.4 Å². The van der Waals surface area contributed by atoms with Crippen LogP contribution in [0.5, 0.6) is 0 Å². The van der Waals surface area contributed by atoms with E-state index in [1.54, 1.807) is 5.32 Å². The lowest BCUT2D eigenvalue weighted by Gasteiger charge is -2.18. The maximum Gasteiger partial charge on any atom is 0.454 e. The molecule has 0 aromatic heterocycles. The third-order valence-corrected chi connectivity index (χ3v) is 0.814. The number of halogens is 6. The van der Waals surface area contributed by atoms with E-state index in [0.717, 1.165) is 7.05 Å². The lowest BCUT2D eigenvalue weighted by atomic mass is 10.3. The minimum absolute atomic E-state index is 0. The second-order valence-corrected chi connectivity index (χ2v) is 1.73. The average Bonchev–Trinajstić information content (AvgIpc) is 1.61. The van der Waals surface area contributed by atoms with Crippen LogP contribution >= 0.6 is 12.4 Å². The Hall–Kier alpha value is -0.100. The van der Waals surface area contributed by atoms with Crippen molar-refractivity contribution < 1.29 is 22.0 Å². The summed E-state index contributed by atoms with van der Waals surface area (Å²) in [5, 5.41) is 1.74. The molecule has 0 spiro atoms. The van der Waals surface area contributed by atoms with E-state index in [9.17, 15) is 22.0 Å². The van der Waals surface area contributed by atoms with Gasteiger partial charge in [-0.15, -0.1) is 12.4 Å². The van der Waals surface area contributed by atoms with Crippen molar-refractivity contribution in [1.82, 2.24) is 5.32 Å². The van der Waals surface area contributed by atoms with Gasteiger partial charge >= 0.3 is 12.1 Å². The maximum atomic E-state index is 11.7. The Kier molecular flexibility index (Phi) is 4.98. The molecule has 0 aromatic rings. The van der Waals surface area contributed by atoms with Crippen LogP contribution in [0.2, 0.25) is 0 Å². The summed E-state index contributed by atoms with van der Waals surface area (Å²) in [6, 6.07) is 0. The standard InChI is InChI=1S/C4H6F5N.ClH/c1-10-2-3(5,6)4(7,8)9;/h10H,2H2,1H3;1H. The predicted octanol–water partition coefficient (Wildman–Crippen LogP) is 1.83. The third-order valence-electron chi connectivity index (χ3n) is 0.814. The highest BCUT2D eigenvalue weighted by atomic mass is 35.5. The fraction of sp³-hybridized carbons (Fsp3) is 1.00. The van der Waals surface area contributed by atoms with Crippen molar-refractivity contribution in [2.45, 2.75) is 12.1 Å². The largest absolute Gasteiger partial charge is 0.454 e. The van der Waals surface area contributed by atoms with Crippen molar-refractivity contribution in [3.05, 3.63) is 0 Å². The zero-order valence-corrected chi connectivity index (χ0v) is 6.32. The topological polar surface area (TPSA) is 12.0 Å². The summed E-state index contributed by atoms with van der Waals surface area (Å²) in [7, 11) is 1.03. The van der Waals surface area contributed by atoms with Gasteiger partial charge in [0.25, 0.3) is 0 Å². The van der Waals surface area contributed by atoms with Gasteiger partial charge < -0.3 is 5.32 Å². The van der Waals surface area contributed by atoms with E-state index >= 15 is 0 Å². The summed E-state index contributed by atoms with van der Waals surface area (Å²) in [6.45, 7) is -1.38. The van der Waals surface area contributed by atoms with E-state index in [1.807, 2.05) is 0 Å². The molecule has 0 aliphatic carbocycles. The molecule has 11 heavy (non-hydrogen) atoms.